The minimum atomic E-state index is -0.503. The van der Waals surface area contributed by atoms with Gasteiger partial charge in [-0.05, 0) is 55.6 Å². The maximum Gasteiger partial charge on any atom is 0.328 e. The maximum absolute atomic E-state index is 13.2. The topological polar surface area (TPSA) is 66.9 Å². The van der Waals surface area contributed by atoms with Crippen molar-refractivity contribution >= 4 is 17.8 Å². The largest absolute Gasteiger partial charge is 0.467 e. The summed E-state index contributed by atoms with van der Waals surface area (Å²) in [4.78, 5) is 41.6. The van der Waals surface area contributed by atoms with E-state index in [0.717, 1.165) is 25.7 Å². The van der Waals surface area contributed by atoms with E-state index in [1.54, 1.807) is 9.80 Å². The van der Waals surface area contributed by atoms with Crippen LogP contribution in [-0.4, -0.2) is 59.9 Å². The summed E-state index contributed by atoms with van der Waals surface area (Å²) in [6, 6.07) is 7.41. The highest BCUT2D eigenvalue weighted by molar-refractivity contribution is 5.91. The molecule has 0 N–H and O–H groups in total. The number of aryl methyl sites for hydroxylation is 1. The Hall–Kier alpha value is -2.37. The lowest BCUT2D eigenvalue weighted by atomic mass is 9.97. The zero-order valence-corrected chi connectivity index (χ0v) is 16.4. The zero-order chi connectivity index (χ0) is 19.7. The molecule has 0 spiro atoms. The number of carbonyl (C=O) groups excluding carboxylic acids is 3. The quantitative estimate of drug-likeness (QED) is 0.747. The van der Waals surface area contributed by atoms with Gasteiger partial charge < -0.3 is 14.5 Å². The molecule has 3 atom stereocenters. The van der Waals surface area contributed by atoms with E-state index < -0.39 is 12.1 Å². The van der Waals surface area contributed by atoms with Crippen LogP contribution in [0.3, 0.4) is 0 Å². The lowest BCUT2D eigenvalue weighted by molar-refractivity contribution is -0.153. The van der Waals surface area contributed by atoms with Gasteiger partial charge in [0.1, 0.15) is 12.1 Å². The Balaban J connectivity index is 1.44. The Kier molecular flexibility index (Phi) is 5.38. The van der Waals surface area contributed by atoms with Crippen LogP contribution < -0.4 is 0 Å². The number of benzene rings is 1. The molecule has 0 aromatic heterocycles. The molecule has 3 aliphatic rings. The summed E-state index contributed by atoms with van der Waals surface area (Å²) in [7, 11) is 1.36. The van der Waals surface area contributed by atoms with E-state index in [1.807, 2.05) is 12.1 Å². The van der Waals surface area contributed by atoms with Crippen molar-refractivity contribution in [2.75, 3.05) is 20.2 Å². The third-order valence-corrected chi connectivity index (χ3v) is 6.55. The number of likely N-dealkylation sites (tertiary alicyclic amines) is 2. The SMILES string of the molecule is COC(=O)[C@@H]1CCCN1C(=O)[C@@H]1CCCN1C(=O)CC1CCc2ccccc21. The summed E-state index contributed by atoms with van der Waals surface area (Å²) >= 11 is 0. The van der Waals surface area contributed by atoms with Gasteiger partial charge in [-0.1, -0.05) is 24.3 Å². The molecular formula is C22H28N2O4. The van der Waals surface area contributed by atoms with Crippen LogP contribution in [0.15, 0.2) is 24.3 Å². The predicted octanol–water partition coefficient (Wildman–Crippen LogP) is 2.26. The Labute approximate surface area is 165 Å². The van der Waals surface area contributed by atoms with Crippen molar-refractivity contribution in [2.45, 2.75) is 62.9 Å². The average molecular weight is 384 g/mol. The molecule has 1 unspecified atom stereocenters. The molecule has 0 saturated carbocycles. The van der Waals surface area contributed by atoms with Gasteiger partial charge in [-0.2, -0.15) is 0 Å². The minimum Gasteiger partial charge on any atom is -0.467 e. The zero-order valence-electron chi connectivity index (χ0n) is 16.4. The second kappa shape index (κ2) is 7.94. The van der Waals surface area contributed by atoms with Crippen molar-refractivity contribution in [3.8, 4) is 0 Å². The van der Waals surface area contributed by atoms with Crippen molar-refractivity contribution in [1.29, 1.82) is 0 Å². The molecule has 1 aromatic carbocycles. The second-order valence-electron chi connectivity index (χ2n) is 8.10. The molecule has 1 aliphatic carbocycles. The van der Waals surface area contributed by atoms with E-state index in [0.29, 0.717) is 32.4 Å². The van der Waals surface area contributed by atoms with Crippen molar-refractivity contribution in [1.82, 2.24) is 9.80 Å². The van der Waals surface area contributed by atoms with Gasteiger partial charge in [0.2, 0.25) is 11.8 Å². The average Bonchev–Trinajstić information content (AvgIpc) is 3.46. The number of amides is 2. The van der Waals surface area contributed by atoms with Crippen molar-refractivity contribution in [3.05, 3.63) is 35.4 Å². The molecule has 28 heavy (non-hydrogen) atoms. The highest BCUT2D eigenvalue weighted by Gasteiger charge is 2.42. The Morgan fingerprint density at radius 3 is 2.50 bits per heavy atom. The van der Waals surface area contributed by atoms with Crippen LogP contribution in [0.4, 0.5) is 0 Å². The molecule has 2 saturated heterocycles. The van der Waals surface area contributed by atoms with Gasteiger partial charge in [-0.3, -0.25) is 9.59 Å². The van der Waals surface area contributed by atoms with E-state index in [-0.39, 0.29) is 23.7 Å². The van der Waals surface area contributed by atoms with Gasteiger partial charge in [0.25, 0.3) is 0 Å². The van der Waals surface area contributed by atoms with Crippen LogP contribution in [0, 0.1) is 0 Å². The Morgan fingerprint density at radius 2 is 1.71 bits per heavy atom. The molecular weight excluding hydrogens is 356 g/mol. The number of carbonyl (C=O) groups is 3. The third-order valence-electron chi connectivity index (χ3n) is 6.55. The highest BCUT2D eigenvalue weighted by Crippen LogP contribution is 2.36. The summed E-state index contributed by atoms with van der Waals surface area (Å²) in [5.41, 5.74) is 2.62. The molecule has 0 bridgehead atoms. The summed E-state index contributed by atoms with van der Waals surface area (Å²) < 4.78 is 4.86. The van der Waals surface area contributed by atoms with Crippen LogP contribution in [0.25, 0.3) is 0 Å². The lowest BCUT2D eigenvalue weighted by Crippen LogP contribution is -2.51. The highest BCUT2D eigenvalue weighted by atomic mass is 16.5. The summed E-state index contributed by atoms with van der Waals surface area (Å²) in [6.07, 6.45) is 5.42. The number of hydrogen-bond donors (Lipinski definition) is 0. The standard InChI is InChI=1S/C22H28N2O4/c1-28-22(27)19-9-5-13-24(19)21(26)18-8-4-12-23(18)20(25)14-16-11-10-15-6-2-3-7-17(15)16/h2-3,6-7,16,18-19H,4-5,8-14H2,1H3/t16?,18-,19-/m0/s1. The second-order valence-corrected chi connectivity index (χ2v) is 8.10. The maximum atomic E-state index is 13.2. The van der Waals surface area contributed by atoms with Crippen LogP contribution in [-0.2, 0) is 25.5 Å². The van der Waals surface area contributed by atoms with Crippen molar-refractivity contribution in [3.63, 3.8) is 0 Å². The van der Waals surface area contributed by atoms with Crippen LogP contribution >= 0.6 is 0 Å². The lowest BCUT2D eigenvalue weighted by Gasteiger charge is -2.31. The number of ether oxygens (including phenoxy) is 1. The molecule has 1 aromatic rings. The molecule has 6 nitrogen and oxygen atoms in total. The first-order chi connectivity index (χ1) is 13.6. The van der Waals surface area contributed by atoms with E-state index in [9.17, 15) is 14.4 Å². The fourth-order valence-electron chi connectivity index (χ4n) is 5.11. The van der Waals surface area contributed by atoms with Crippen LogP contribution in [0.5, 0.6) is 0 Å². The van der Waals surface area contributed by atoms with Crippen molar-refractivity contribution < 1.29 is 19.1 Å². The fraction of sp³-hybridized carbons (Fsp3) is 0.591. The normalized spacial score (nSPS) is 26.4. The molecule has 2 aliphatic heterocycles. The van der Waals surface area contributed by atoms with E-state index in [1.165, 1.54) is 18.2 Å². The smallest absolute Gasteiger partial charge is 0.328 e. The fourth-order valence-corrected chi connectivity index (χ4v) is 5.11. The van der Waals surface area contributed by atoms with E-state index in [4.69, 9.17) is 4.74 Å². The summed E-state index contributed by atoms with van der Waals surface area (Å²) in [5.74, 6) is -0.143. The molecule has 2 fully saturated rings. The molecule has 0 radical (unpaired) electrons. The number of esters is 1. The number of fused-ring (bicyclic) bond motifs is 1. The monoisotopic (exact) mass is 384 g/mol. The molecule has 6 heteroatoms. The van der Waals surface area contributed by atoms with Gasteiger partial charge in [0, 0.05) is 19.5 Å². The number of rotatable bonds is 4. The first-order valence-corrected chi connectivity index (χ1v) is 10.4. The predicted molar refractivity (Wildman–Crippen MR) is 104 cm³/mol. The summed E-state index contributed by atoms with van der Waals surface area (Å²) in [5, 5.41) is 0. The third kappa shape index (κ3) is 3.40. The molecule has 2 heterocycles. The van der Waals surface area contributed by atoms with E-state index >= 15 is 0 Å². The number of methoxy groups -OCH3 is 1. The Morgan fingerprint density at radius 1 is 1.00 bits per heavy atom. The van der Waals surface area contributed by atoms with Crippen molar-refractivity contribution in [2.24, 2.45) is 0 Å². The molecule has 2 amide bonds. The van der Waals surface area contributed by atoms with E-state index in [2.05, 4.69) is 12.1 Å². The van der Waals surface area contributed by atoms with Gasteiger partial charge in [0.05, 0.1) is 7.11 Å². The van der Waals surface area contributed by atoms with Gasteiger partial charge in [-0.25, -0.2) is 4.79 Å². The first kappa shape index (κ1) is 19.0. The summed E-state index contributed by atoms with van der Waals surface area (Å²) in [6.45, 7) is 1.19. The van der Waals surface area contributed by atoms with Gasteiger partial charge in [0.15, 0.2) is 0 Å². The minimum absolute atomic E-state index is 0.0615. The number of hydrogen-bond acceptors (Lipinski definition) is 4. The van der Waals surface area contributed by atoms with Crippen LogP contribution in [0.1, 0.15) is 55.6 Å². The van der Waals surface area contributed by atoms with Gasteiger partial charge >= 0.3 is 5.97 Å². The number of nitrogens with zero attached hydrogens (tertiary/aromatic N) is 2. The first-order valence-electron chi connectivity index (χ1n) is 10.4. The van der Waals surface area contributed by atoms with Crippen LogP contribution in [0.2, 0.25) is 0 Å². The van der Waals surface area contributed by atoms with Gasteiger partial charge in [-0.15, -0.1) is 0 Å². The molecule has 4 rings (SSSR count). The Bertz CT molecular complexity index is 778. The molecule has 150 valence electrons.